The van der Waals surface area contributed by atoms with Crippen molar-refractivity contribution < 1.29 is 9.90 Å². The maximum Gasteiger partial charge on any atom is 0.214 e. The van der Waals surface area contributed by atoms with Crippen molar-refractivity contribution in [3.63, 3.8) is 0 Å². The Kier molecular flexibility index (Phi) is 2.82. The van der Waals surface area contributed by atoms with Crippen molar-refractivity contribution in [3.05, 3.63) is 70.7 Å². The Labute approximate surface area is 147 Å². The maximum absolute atomic E-state index is 12.8. The summed E-state index contributed by atoms with van der Waals surface area (Å²) in [6, 6.07) is 16.8. The molecule has 0 unspecified atom stereocenters. The van der Waals surface area contributed by atoms with Crippen LogP contribution in [0.2, 0.25) is 5.02 Å². The molecule has 1 aliphatic heterocycles. The molecule has 0 amide bonds. The van der Waals surface area contributed by atoms with Gasteiger partial charge < -0.3 is 10.1 Å². The Morgan fingerprint density at radius 2 is 1.76 bits per heavy atom. The van der Waals surface area contributed by atoms with E-state index in [1.807, 2.05) is 36.4 Å². The number of hydrogen-bond acceptors (Lipinski definition) is 3. The molecule has 1 aliphatic rings. The molecule has 4 nitrogen and oxygen atoms in total. The van der Waals surface area contributed by atoms with Gasteiger partial charge in [-0.3, -0.25) is 4.79 Å². The fraction of sp³-hybridized carbons (Fsp3) is 0. The molecule has 0 radical (unpaired) electrons. The van der Waals surface area contributed by atoms with Gasteiger partial charge in [0.2, 0.25) is 5.78 Å². The van der Waals surface area contributed by atoms with Crippen LogP contribution in [0.15, 0.2) is 59.6 Å². The average Bonchev–Trinajstić information content (AvgIpc) is 3.12. The number of nitrogens with one attached hydrogen (secondary N) is 1. The van der Waals surface area contributed by atoms with Crippen molar-refractivity contribution in [3.8, 4) is 5.88 Å². The Bertz CT molecular complexity index is 1240. The molecular formula is C20H11ClN2O2. The highest BCUT2D eigenvalue weighted by molar-refractivity contribution is 6.57. The minimum Gasteiger partial charge on any atom is -0.494 e. The van der Waals surface area contributed by atoms with Gasteiger partial charge in [0.25, 0.3) is 0 Å². The summed E-state index contributed by atoms with van der Waals surface area (Å²) in [5, 5.41) is 13.5. The molecule has 5 rings (SSSR count). The number of aromatic hydroxyl groups is 1. The second-order valence-electron chi connectivity index (χ2n) is 5.99. The van der Waals surface area contributed by atoms with Crippen molar-refractivity contribution in [1.82, 2.24) is 4.98 Å². The fourth-order valence-electron chi connectivity index (χ4n) is 3.40. The lowest BCUT2D eigenvalue weighted by Gasteiger charge is -2.03. The number of aromatic amines is 1. The van der Waals surface area contributed by atoms with Crippen LogP contribution in [-0.2, 0) is 0 Å². The van der Waals surface area contributed by atoms with E-state index >= 15 is 0 Å². The molecule has 25 heavy (non-hydrogen) atoms. The number of hydrogen-bond donors (Lipinski definition) is 2. The highest BCUT2D eigenvalue weighted by Crippen LogP contribution is 2.40. The molecule has 0 fully saturated rings. The highest BCUT2D eigenvalue weighted by Gasteiger charge is 2.30. The van der Waals surface area contributed by atoms with Crippen molar-refractivity contribution >= 4 is 50.5 Å². The summed E-state index contributed by atoms with van der Waals surface area (Å²) < 4.78 is 0. The van der Waals surface area contributed by atoms with Crippen LogP contribution < -0.4 is 0 Å². The summed E-state index contributed by atoms with van der Waals surface area (Å²) in [6.45, 7) is 0. The highest BCUT2D eigenvalue weighted by atomic mass is 35.5. The molecule has 2 heterocycles. The van der Waals surface area contributed by atoms with Crippen LogP contribution in [0.25, 0.3) is 21.7 Å². The van der Waals surface area contributed by atoms with Gasteiger partial charge in [-0.15, -0.1) is 0 Å². The molecule has 3 aromatic carbocycles. The Morgan fingerprint density at radius 1 is 1.00 bits per heavy atom. The number of aromatic nitrogens is 1. The van der Waals surface area contributed by atoms with Crippen LogP contribution in [0.5, 0.6) is 5.88 Å². The number of rotatable bonds is 1. The minimum absolute atomic E-state index is 0.105. The fourth-order valence-corrected chi connectivity index (χ4v) is 3.72. The zero-order valence-electron chi connectivity index (χ0n) is 12.9. The largest absolute Gasteiger partial charge is 0.494 e. The molecule has 0 saturated carbocycles. The number of carbonyl (C=O) groups is 1. The van der Waals surface area contributed by atoms with E-state index in [0.29, 0.717) is 32.7 Å². The number of Topliss-reactive ketones (excluding diaryl/α,β-unsaturated/α-hetero) is 1. The van der Waals surface area contributed by atoms with E-state index in [-0.39, 0.29) is 17.4 Å². The smallest absolute Gasteiger partial charge is 0.214 e. The summed E-state index contributed by atoms with van der Waals surface area (Å²) in [4.78, 5) is 20.1. The quantitative estimate of drug-likeness (QED) is 0.509. The van der Waals surface area contributed by atoms with Crippen LogP contribution in [0.3, 0.4) is 0 Å². The van der Waals surface area contributed by atoms with Gasteiger partial charge in [0.1, 0.15) is 5.71 Å². The first kappa shape index (κ1) is 14.3. The molecule has 4 aromatic rings. The second-order valence-corrected chi connectivity index (χ2v) is 6.37. The number of carbonyl (C=O) groups excluding carboxylic acids is 1. The lowest BCUT2D eigenvalue weighted by Crippen LogP contribution is -2.10. The summed E-state index contributed by atoms with van der Waals surface area (Å²) >= 11 is 6.52. The number of ketones is 1. The third-order valence-electron chi connectivity index (χ3n) is 4.57. The van der Waals surface area contributed by atoms with Crippen molar-refractivity contribution in [2.45, 2.75) is 0 Å². The number of aliphatic imine (C=N–C) groups is 1. The zero-order chi connectivity index (χ0) is 17.1. The first-order chi connectivity index (χ1) is 12.1. The number of fused-ring (bicyclic) bond motifs is 3. The topological polar surface area (TPSA) is 65.4 Å². The number of halogens is 1. The Morgan fingerprint density at radius 3 is 2.60 bits per heavy atom. The Balaban J connectivity index is 1.84. The second kappa shape index (κ2) is 4.94. The van der Waals surface area contributed by atoms with Gasteiger partial charge in [-0.05, 0) is 23.6 Å². The van der Waals surface area contributed by atoms with Crippen molar-refractivity contribution in [2.75, 3.05) is 0 Å². The SMILES string of the molecule is O=C1C(c2c(O)[nH]c3c(Cl)c4ccccc4cc23)=Nc2ccccc21. The summed E-state index contributed by atoms with van der Waals surface area (Å²) in [7, 11) is 0. The number of para-hydroxylation sites is 1. The number of H-pyrrole nitrogens is 1. The lowest BCUT2D eigenvalue weighted by molar-refractivity contribution is 0.107. The lowest BCUT2D eigenvalue weighted by atomic mass is 10.00. The van der Waals surface area contributed by atoms with E-state index in [2.05, 4.69) is 9.98 Å². The van der Waals surface area contributed by atoms with Gasteiger partial charge in [0.15, 0.2) is 5.88 Å². The van der Waals surface area contributed by atoms with E-state index in [9.17, 15) is 9.90 Å². The molecule has 0 saturated heterocycles. The molecule has 0 bridgehead atoms. The van der Waals surface area contributed by atoms with E-state index in [4.69, 9.17) is 11.6 Å². The van der Waals surface area contributed by atoms with Crippen LogP contribution >= 0.6 is 11.6 Å². The first-order valence-corrected chi connectivity index (χ1v) is 8.17. The van der Waals surface area contributed by atoms with E-state index < -0.39 is 0 Å². The zero-order valence-corrected chi connectivity index (χ0v) is 13.6. The average molecular weight is 347 g/mol. The minimum atomic E-state index is -0.198. The summed E-state index contributed by atoms with van der Waals surface area (Å²) in [5.41, 5.74) is 2.38. The molecule has 0 spiro atoms. The van der Waals surface area contributed by atoms with E-state index in [1.54, 1.807) is 18.2 Å². The Hall–Kier alpha value is -3.11. The van der Waals surface area contributed by atoms with Crippen molar-refractivity contribution in [1.29, 1.82) is 0 Å². The van der Waals surface area contributed by atoms with Gasteiger partial charge >= 0.3 is 0 Å². The third-order valence-corrected chi connectivity index (χ3v) is 4.96. The van der Waals surface area contributed by atoms with Gasteiger partial charge in [0, 0.05) is 16.3 Å². The predicted molar refractivity (Wildman–Crippen MR) is 99.4 cm³/mol. The molecule has 1 aromatic heterocycles. The van der Waals surface area contributed by atoms with E-state index in [1.165, 1.54) is 0 Å². The molecule has 2 N–H and O–H groups in total. The van der Waals surface area contributed by atoms with Gasteiger partial charge in [-0.2, -0.15) is 0 Å². The maximum atomic E-state index is 12.8. The molecule has 5 heteroatoms. The standard InChI is InChI=1S/C20H11ClN2O2/c21-16-11-6-2-1-5-10(11)9-13-15(20(25)23-17(13)16)18-19(24)12-7-3-4-8-14(12)22-18/h1-9,23,25H. The van der Waals surface area contributed by atoms with Gasteiger partial charge in [0.05, 0.1) is 21.8 Å². The predicted octanol–water partition coefficient (Wildman–Crippen LogP) is 5.00. The molecule has 0 atom stereocenters. The molecule has 0 aliphatic carbocycles. The van der Waals surface area contributed by atoms with Gasteiger partial charge in [-0.25, -0.2) is 4.99 Å². The van der Waals surface area contributed by atoms with Crippen LogP contribution in [0, 0.1) is 0 Å². The normalized spacial score (nSPS) is 13.5. The summed E-state index contributed by atoms with van der Waals surface area (Å²) in [5.74, 6) is -0.303. The molecule has 120 valence electrons. The monoisotopic (exact) mass is 346 g/mol. The number of nitrogens with zero attached hydrogens (tertiary/aromatic N) is 1. The van der Waals surface area contributed by atoms with Crippen LogP contribution in [-0.4, -0.2) is 21.6 Å². The van der Waals surface area contributed by atoms with E-state index in [0.717, 1.165) is 10.8 Å². The van der Waals surface area contributed by atoms with Crippen LogP contribution in [0.1, 0.15) is 15.9 Å². The van der Waals surface area contributed by atoms with Crippen LogP contribution in [0.4, 0.5) is 5.69 Å². The first-order valence-electron chi connectivity index (χ1n) is 7.80. The number of benzene rings is 3. The summed E-state index contributed by atoms with van der Waals surface area (Å²) in [6.07, 6.45) is 0. The van der Waals surface area contributed by atoms with Crippen molar-refractivity contribution in [2.24, 2.45) is 4.99 Å². The third kappa shape index (κ3) is 1.88. The van der Waals surface area contributed by atoms with Gasteiger partial charge in [-0.1, -0.05) is 48.0 Å². The molecular weight excluding hydrogens is 336 g/mol.